The van der Waals surface area contributed by atoms with Gasteiger partial charge in [-0.05, 0) is 19.5 Å². The average molecular weight is 298 g/mol. The van der Waals surface area contributed by atoms with E-state index >= 15 is 0 Å². The molecule has 116 valence electrons. The van der Waals surface area contributed by atoms with Gasteiger partial charge in [0.2, 0.25) is 0 Å². The number of carbonyl (C=O) groups excluding carboxylic acids is 1. The van der Waals surface area contributed by atoms with Gasteiger partial charge in [0.05, 0.1) is 18.3 Å². The Balaban J connectivity index is 1.74. The fourth-order valence-electron chi connectivity index (χ4n) is 2.75. The predicted octanol–water partition coefficient (Wildman–Crippen LogP) is 1.63. The molecule has 0 bridgehead atoms. The smallest absolute Gasteiger partial charge is 0.257 e. The second-order valence-electron chi connectivity index (χ2n) is 5.88. The van der Waals surface area contributed by atoms with Crippen molar-refractivity contribution in [2.75, 3.05) is 33.2 Å². The normalized spacial score (nSPS) is 16.0. The Morgan fingerprint density at radius 2 is 1.82 bits per heavy atom. The van der Waals surface area contributed by atoms with E-state index in [0.29, 0.717) is 6.54 Å². The highest BCUT2D eigenvalue weighted by molar-refractivity contribution is 5.95. The van der Waals surface area contributed by atoms with Crippen LogP contribution in [0.4, 0.5) is 0 Å². The summed E-state index contributed by atoms with van der Waals surface area (Å²) in [5, 5.41) is 4.40. The summed E-state index contributed by atoms with van der Waals surface area (Å²) >= 11 is 0. The highest BCUT2D eigenvalue weighted by Crippen LogP contribution is 2.14. The van der Waals surface area contributed by atoms with Crippen molar-refractivity contribution in [2.45, 2.75) is 13.5 Å². The van der Waals surface area contributed by atoms with Gasteiger partial charge in [0.15, 0.2) is 0 Å². The summed E-state index contributed by atoms with van der Waals surface area (Å²) in [5.74, 6) is 0.102. The third-order valence-electron chi connectivity index (χ3n) is 4.30. The van der Waals surface area contributed by atoms with Crippen molar-refractivity contribution < 1.29 is 4.79 Å². The topological polar surface area (TPSA) is 41.4 Å². The Morgan fingerprint density at radius 1 is 1.14 bits per heavy atom. The molecular formula is C17H22N4O. The van der Waals surface area contributed by atoms with Crippen LogP contribution in [0.1, 0.15) is 21.6 Å². The van der Waals surface area contributed by atoms with Crippen LogP contribution in [0, 0.1) is 6.92 Å². The van der Waals surface area contributed by atoms with Gasteiger partial charge in [-0.3, -0.25) is 9.48 Å². The highest BCUT2D eigenvalue weighted by Gasteiger charge is 2.23. The number of hydrogen-bond donors (Lipinski definition) is 0. The lowest BCUT2D eigenvalue weighted by molar-refractivity contribution is 0.0663. The van der Waals surface area contributed by atoms with E-state index in [0.717, 1.165) is 37.4 Å². The Hall–Kier alpha value is -2.14. The van der Waals surface area contributed by atoms with Crippen molar-refractivity contribution in [3.63, 3.8) is 0 Å². The molecule has 1 amide bonds. The summed E-state index contributed by atoms with van der Waals surface area (Å²) in [6, 6.07) is 10.2. The first-order valence-electron chi connectivity index (χ1n) is 7.69. The molecule has 0 radical (unpaired) electrons. The SMILES string of the molecule is Cc1c(C(=O)N2CCN(C)CC2)cnn1Cc1ccccc1. The number of amides is 1. The molecule has 1 aromatic heterocycles. The molecule has 1 saturated heterocycles. The second-order valence-corrected chi connectivity index (χ2v) is 5.88. The number of nitrogens with zero attached hydrogens (tertiary/aromatic N) is 4. The van der Waals surface area contributed by atoms with Gasteiger partial charge in [0.1, 0.15) is 0 Å². The lowest BCUT2D eigenvalue weighted by atomic mass is 10.2. The standard InChI is InChI=1S/C17H22N4O/c1-14-16(17(22)20-10-8-19(2)9-11-20)12-18-21(14)13-15-6-4-3-5-7-15/h3-7,12H,8-11,13H2,1-2H3. The number of benzene rings is 1. The number of piperazine rings is 1. The van der Waals surface area contributed by atoms with Crippen LogP contribution in [-0.4, -0.2) is 58.7 Å². The minimum Gasteiger partial charge on any atom is -0.336 e. The van der Waals surface area contributed by atoms with Gasteiger partial charge in [0.25, 0.3) is 5.91 Å². The van der Waals surface area contributed by atoms with Gasteiger partial charge < -0.3 is 9.80 Å². The van der Waals surface area contributed by atoms with Crippen LogP contribution in [-0.2, 0) is 6.54 Å². The van der Waals surface area contributed by atoms with Crippen molar-refractivity contribution in [1.82, 2.24) is 19.6 Å². The van der Waals surface area contributed by atoms with Gasteiger partial charge in [-0.25, -0.2) is 0 Å². The molecule has 22 heavy (non-hydrogen) atoms. The zero-order valence-corrected chi connectivity index (χ0v) is 13.2. The summed E-state index contributed by atoms with van der Waals surface area (Å²) in [4.78, 5) is 16.8. The molecule has 0 atom stereocenters. The van der Waals surface area contributed by atoms with Crippen LogP contribution in [0.15, 0.2) is 36.5 Å². The molecule has 0 saturated carbocycles. The van der Waals surface area contributed by atoms with E-state index in [-0.39, 0.29) is 5.91 Å². The van der Waals surface area contributed by atoms with Crippen LogP contribution in [0.2, 0.25) is 0 Å². The molecular weight excluding hydrogens is 276 g/mol. The summed E-state index contributed by atoms with van der Waals surface area (Å²) in [6.07, 6.45) is 1.71. The number of carbonyl (C=O) groups is 1. The first-order valence-corrected chi connectivity index (χ1v) is 7.69. The fraction of sp³-hybridized carbons (Fsp3) is 0.412. The van der Waals surface area contributed by atoms with Gasteiger partial charge >= 0.3 is 0 Å². The van der Waals surface area contributed by atoms with E-state index in [1.165, 1.54) is 5.56 Å². The molecule has 1 aromatic carbocycles. The first kappa shape index (κ1) is 14.8. The van der Waals surface area contributed by atoms with E-state index in [9.17, 15) is 4.79 Å². The molecule has 1 fully saturated rings. The van der Waals surface area contributed by atoms with Gasteiger partial charge in [-0.1, -0.05) is 30.3 Å². The zero-order valence-electron chi connectivity index (χ0n) is 13.2. The van der Waals surface area contributed by atoms with Crippen LogP contribution >= 0.6 is 0 Å². The van der Waals surface area contributed by atoms with Crippen molar-refractivity contribution >= 4 is 5.91 Å². The van der Waals surface area contributed by atoms with Crippen molar-refractivity contribution in [2.24, 2.45) is 0 Å². The Bertz CT molecular complexity index is 642. The molecule has 1 aliphatic rings. The van der Waals surface area contributed by atoms with E-state index in [1.54, 1.807) is 6.20 Å². The fourth-order valence-corrected chi connectivity index (χ4v) is 2.75. The highest BCUT2D eigenvalue weighted by atomic mass is 16.2. The van der Waals surface area contributed by atoms with E-state index in [1.807, 2.05) is 34.7 Å². The maximum absolute atomic E-state index is 12.6. The lowest BCUT2D eigenvalue weighted by Gasteiger charge is -2.32. The summed E-state index contributed by atoms with van der Waals surface area (Å²) in [5.41, 5.74) is 2.85. The lowest BCUT2D eigenvalue weighted by Crippen LogP contribution is -2.47. The van der Waals surface area contributed by atoms with Crippen LogP contribution in [0.3, 0.4) is 0 Å². The minimum atomic E-state index is 0.102. The summed E-state index contributed by atoms with van der Waals surface area (Å²) in [7, 11) is 2.09. The quantitative estimate of drug-likeness (QED) is 0.865. The van der Waals surface area contributed by atoms with E-state index < -0.39 is 0 Å². The molecule has 1 aliphatic heterocycles. The van der Waals surface area contributed by atoms with Crippen molar-refractivity contribution in [3.05, 3.63) is 53.3 Å². The number of aromatic nitrogens is 2. The second kappa shape index (κ2) is 6.32. The molecule has 2 heterocycles. The summed E-state index contributed by atoms with van der Waals surface area (Å²) < 4.78 is 1.90. The third-order valence-corrected chi connectivity index (χ3v) is 4.30. The van der Waals surface area contributed by atoms with Gasteiger partial charge in [0, 0.05) is 31.9 Å². The monoisotopic (exact) mass is 298 g/mol. The molecule has 0 N–H and O–H groups in total. The third kappa shape index (κ3) is 3.04. The molecule has 5 heteroatoms. The van der Waals surface area contributed by atoms with Crippen molar-refractivity contribution in [1.29, 1.82) is 0 Å². The zero-order chi connectivity index (χ0) is 15.5. The average Bonchev–Trinajstić information content (AvgIpc) is 2.89. The molecule has 0 aliphatic carbocycles. The van der Waals surface area contributed by atoms with E-state index in [2.05, 4.69) is 29.2 Å². The largest absolute Gasteiger partial charge is 0.336 e. The maximum Gasteiger partial charge on any atom is 0.257 e. The molecule has 2 aromatic rings. The van der Waals surface area contributed by atoms with Gasteiger partial charge in [-0.15, -0.1) is 0 Å². The van der Waals surface area contributed by atoms with Gasteiger partial charge in [-0.2, -0.15) is 5.10 Å². The number of likely N-dealkylation sites (N-methyl/N-ethyl adjacent to an activating group) is 1. The minimum absolute atomic E-state index is 0.102. The molecule has 5 nitrogen and oxygen atoms in total. The van der Waals surface area contributed by atoms with Crippen LogP contribution in [0.25, 0.3) is 0 Å². The number of hydrogen-bond acceptors (Lipinski definition) is 3. The van der Waals surface area contributed by atoms with Crippen LogP contribution < -0.4 is 0 Å². The molecule has 0 unspecified atom stereocenters. The number of rotatable bonds is 3. The molecule has 0 spiro atoms. The van der Waals surface area contributed by atoms with E-state index in [4.69, 9.17) is 0 Å². The Kier molecular flexibility index (Phi) is 4.24. The van der Waals surface area contributed by atoms with Crippen molar-refractivity contribution in [3.8, 4) is 0 Å². The predicted molar refractivity (Wildman–Crippen MR) is 85.9 cm³/mol. The summed E-state index contributed by atoms with van der Waals surface area (Å²) in [6.45, 7) is 6.12. The van der Waals surface area contributed by atoms with Crippen LogP contribution in [0.5, 0.6) is 0 Å². The first-order chi connectivity index (χ1) is 10.6. The Morgan fingerprint density at radius 3 is 2.50 bits per heavy atom. The molecule has 3 rings (SSSR count). The maximum atomic E-state index is 12.6. The Labute approximate surface area is 131 Å².